The zero-order valence-electron chi connectivity index (χ0n) is 11.1. The number of amides is 2. The first-order chi connectivity index (χ1) is 8.89. The summed E-state index contributed by atoms with van der Waals surface area (Å²) in [5, 5.41) is 0. The van der Waals surface area contributed by atoms with E-state index in [4.69, 9.17) is 10.5 Å². The van der Waals surface area contributed by atoms with Crippen molar-refractivity contribution in [2.24, 2.45) is 17.3 Å². The van der Waals surface area contributed by atoms with Crippen LogP contribution in [0.25, 0.3) is 0 Å². The Balaban J connectivity index is 2.02. The number of carbonyl (C=O) groups is 2. The van der Waals surface area contributed by atoms with E-state index in [9.17, 15) is 9.59 Å². The molecule has 2 amide bonds. The first kappa shape index (κ1) is 12.0. The minimum atomic E-state index is -0.203. The minimum Gasteiger partial charge on any atom is -0.494 e. The fourth-order valence-electron chi connectivity index (χ4n) is 3.06. The van der Waals surface area contributed by atoms with Crippen LogP contribution in [-0.2, 0) is 9.59 Å². The molecule has 19 heavy (non-hydrogen) atoms. The van der Waals surface area contributed by atoms with Gasteiger partial charge >= 0.3 is 0 Å². The molecular formula is C14H16N2O3. The van der Waals surface area contributed by atoms with Gasteiger partial charge in [-0.1, -0.05) is 13.8 Å². The van der Waals surface area contributed by atoms with Gasteiger partial charge in [0, 0.05) is 11.8 Å². The number of carbonyl (C=O) groups excluding carboxylic acids is 2. The molecule has 1 saturated carbocycles. The van der Waals surface area contributed by atoms with Crippen LogP contribution in [0.4, 0.5) is 11.4 Å². The lowest BCUT2D eigenvalue weighted by atomic mass is 10.0. The molecular weight excluding hydrogens is 244 g/mol. The van der Waals surface area contributed by atoms with Gasteiger partial charge in [-0.15, -0.1) is 0 Å². The van der Waals surface area contributed by atoms with Crippen molar-refractivity contribution in [3.8, 4) is 5.75 Å². The Morgan fingerprint density at radius 2 is 1.79 bits per heavy atom. The smallest absolute Gasteiger partial charge is 0.238 e. The fraction of sp³-hybridized carbons (Fsp3) is 0.429. The maximum Gasteiger partial charge on any atom is 0.238 e. The van der Waals surface area contributed by atoms with E-state index >= 15 is 0 Å². The van der Waals surface area contributed by atoms with Crippen molar-refractivity contribution < 1.29 is 14.3 Å². The largest absolute Gasteiger partial charge is 0.494 e. The monoisotopic (exact) mass is 260 g/mol. The lowest BCUT2D eigenvalue weighted by Crippen LogP contribution is -2.36. The molecule has 1 aliphatic heterocycles. The number of imide groups is 1. The fourth-order valence-corrected chi connectivity index (χ4v) is 3.06. The highest BCUT2D eigenvalue weighted by atomic mass is 16.5. The van der Waals surface area contributed by atoms with E-state index in [1.165, 1.54) is 12.0 Å². The molecule has 100 valence electrons. The van der Waals surface area contributed by atoms with Crippen molar-refractivity contribution in [2.45, 2.75) is 13.8 Å². The highest BCUT2D eigenvalue weighted by Crippen LogP contribution is 2.64. The number of rotatable bonds is 2. The number of ether oxygens (including phenoxy) is 1. The summed E-state index contributed by atoms with van der Waals surface area (Å²) in [5.41, 5.74) is 6.49. The minimum absolute atomic E-state index is 0.136. The summed E-state index contributed by atoms with van der Waals surface area (Å²) in [4.78, 5) is 25.9. The molecule has 0 bridgehead atoms. The van der Waals surface area contributed by atoms with Crippen molar-refractivity contribution in [3.63, 3.8) is 0 Å². The van der Waals surface area contributed by atoms with Gasteiger partial charge in [0.05, 0.1) is 24.6 Å². The number of benzene rings is 1. The molecule has 1 aliphatic carbocycles. The number of nitrogens with zero attached hydrogens (tertiary/aromatic N) is 1. The molecule has 2 N–H and O–H groups in total. The summed E-state index contributed by atoms with van der Waals surface area (Å²) in [5.74, 6) is -0.212. The third kappa shape index (κ3) is 1.41. The zero-order valence-corrected chi connectivity index (χ0v) is 11.1. The van der Waals surface area contributed by atoms with Crippen LogP contribution in [0, 0.1) is 17.3 Å². The van der Waals surface area contributed by atoms with E-state index in [1.807, 2.05) is 13.8 Å². The number of nitrogens with two attached hydrogens (primary N) is 1. The first-order valence-electron chi connectivity index (χ1n) is 6.21. The summed E-state index contributed by atoms with van der Waals surface area (Å²) in [6.45, 7) is 3.91. The molecule has 5 heteroatoms. The van der Waals surface area contributed by atoms with E-state index in [-0.39, 0.29) is 29.1 Å². The lowest BCUT2D eigenvalue weighted by Gasteiger charge is -2.22. The van der Waals surface area contributed by atoms with Gasteiger partial charge in [-0.25, -0.2) is 4.90 Å². The Morgan fingerprint density at radius 3 is 2.32 bits per heavy atom. The van der Waals surface area contributed by atoms with Crippen molar-refractivity contribution >= 4 is 23.2 Å². The van der Waals surface area contributed by atoms with Crippen molar-refractivity contribution in [1.29, 1.82) is 0 Å². The Kier molecular flexibility index (Phi) is 2.21. The van der Waals surface area contributed by atoms with E-state index in [0.717, 1.165) is 0 Å². The highest BCUT2D eigenvalue weighted by Gasteiger charge is 2.72. The Bertz CT molecular complexity index is 570. The quantitative estimate of drug-likeness (QED) is 0.644. The second kappa shape index (κ2) is 3.50. The van der Waals surface area contributed by atoms with Gasteiger partial charge in [0.15, 0.2) is 0 Å². The molecule has 2 aliphatic rings. The zero-order chi connectivity index (χ0) is 13.9. The Labute approximate surface area is 111 Å². The topological polar surface area (TPSA) is 72.6 Å². The average molecular weight is 260 g/mol. The van der Waals surface area contributed by atoms with Gasteiger partial charge in [-0.3, -0.25) is 9.59 Å². The Morgan fingerprint density at radius 1 is 1.21 bits per heavy atom. The van der Waals surface area contributed by atoms with Crippen LogP contribution in [0.5, 0.6) is 5.75 Å². The van der Waals surface area contributed by atoms with Crippen molar-refractivity contribution in [3.05, 3.63) is 18.2 Å². The maximum absolute atomic E-state index is 12.3. The van der Waals surface area contributed by atoms with Gasteiger partial charge in [-0.05, 0) is 17.5 Å². The van der Waals surface area contributed by atoms with Crippen molar-refractivity contribution in [1.82, 2.24) is 0 Å². The molecule has 3 rings (SSSR count). The second-order valence-electron chi connectivity index (χ2n) is 5.72. The predicted octanol–water partition coefficient (Wildman–Crippen LogP) is 1.42. The standard InChI is InChI=1S/C14H16N2O3/c1-14(2)10-11(14)13(18)16(12(10)17)8-5-4-7(15)6-9(8)19-3/h4-6,10-11H,15H2,1-3H3. The highest BCUT2D eigenvalue weighted by molar-refractivity contribution is 6.26. The molecule has 2 unspecified atom stereocenters. The second-order valence-corrected chi connectivity index (χ2v) is 5.72. The van der Waals surface area contributed by atoms with Gasteiger partial charge < -0.3 is 10.5 Å². The summed E-state index contributed by atoms with van der Waals surface area (Å²) < 4.78 is 5.21. The number of piperidine rings is 1. The number of anilines is 2. The van der Waals surface area contributed by atoms with Crippen LogP contribution in [0.3, 0.4) is 0 Å². The van der Waals surface area contributed by atoms with E-state index in [2.05, 4.69) is 0 Å². The van der Waals surface area contributed by atoms with Gasteiger partial charge in [-0.2, -0.15) is 0 Å². The summed E-state index contributed by atoms with van der Waals surface area (Å²) in [7, 11) is 1.49. The number of methoxy groups -OCH3 is 1. The van der Waals surface area contributed by atoms with Crippen molar-refractivity contribution in [2.75, 3.05) is 17.7 Å². The third-order valence-electron chi connectivity index (χ3n) is 4.24. The van der Waals surface area contributed by atoms with Gasteiger partial charge in [0.25, 0.3) is 0 Å². The van der Waals surface area contributed by atoms with Gasteiger partial charge in [0.1, 0.15) is 5.75 Å². The number of hydrogen-bond acceptors (Lipinski definition) is 4. The lowest BCUT2D eigenvalue weighted by molar-refractivity contribution is -0.125. The maximum atomic E-state index is 12.3. The predicted molar refractivity (Wildman–Crippen MR) is 70.7 cm³/mol. The Hall–Kier alpha value is -2.04. The average Bonchev–Trinajstić information content (AvgIpc) is 2.81. The molecule has 1 aromatic rings. The third-order valence-corrected chi connectivity index (χ3v) is 4.24. The summed E-state index contributed by atoms with van der Waals surface area (Å²) >= 11 is 0. The molecule has 2 fully saturated rings. The molecule has 5 nitrogen and oxygen atoms in total. The van der Waals surface area contributed by atoms with Crippen LogP contribution in [0.15, 0.2) is 18.2 Å². The normalized spacial score (nSPS) is 27.4. The van der Waals surface area contributed by atoms with E-state index < -0.39 is 0 Å². The molecule has 2 atom stereocenters. The SMILES string of the molecule is COc1cc(N)ccc1N1C(=O)C2C(C1=O)C2(C)C. The molecule has 1 heterocycles. The van der Waals surface area contributed by atoms with Gasteiger partial charge in [0.2, 0.25) is 11.8 Å². The van der Waals surface area contributed by atoms with Crippen LogP contribution < -0.4 is 15.4 Å². The number of hydrogen-bond donors (Lipinski definition) is 1. The number of fused-ring (bicyclic) bond motifs is 1. The van der Waals surface area contributed by atoms with Crippen LogP contribution in [-0.4, -0.2) is 18.9 Å². The molecule has 1 saturated heterocycles. The molecule has 0 spiro atoms. The molecule has 0 aromatic heterocycles. The molecule has 0 radical (unpaired) electrons. The number of nitrogen functional groups attached to an aromatic ring is 1. The summed E-state index contributed by atoms with van der Waals surface area (Å²) in [6, 6.07) is 4.93. The summed E-state index contributed by atoms with van der Waals surface area (Å²) in [6.07, 6.45) is 0. The van der Waals surface area contributed by atoms with Crippen LogP contribution in [0.1, 0.15) is 13.8 Å². The van der Waals surface area contributed by atoms with E-state index in [1.54, 1.807) is 18.2 Å². The first-order valence-corrected chi connectivity index (χ1v) is 6.21. The molecule has 1 aromatic carbocycles. The van der Waals surface area contributed by atoms with E-state index in [0.29, 0.717) is 17.1 Å². The van der Waals surface area contributed by atoms with Crippen LogP contribution in [0.2, 0.25) is 0 Å². The van der Waals surface area contributed by atoms with Crippen LogP contribution >= 0.6 is 0 Å².